The van der Waals surface area contributed by atoms with E-state index in [2.05, 4.69) is 15.3 Å². The summed E-state index contributed by atoms with van der Waals surface area (Å²) in [5, 5.41) is 3.64. The fourth-order valence-corrected chi connectivity index (χ4v) is 5.30. The zero-order chi connectivity index (χ0) is 21.3. The molecule has 1 fully saturated rings. The molecule has 1 aromatic heterocycles. The first kappa shape index (κ1) is 20.6. The van der Waals surface area contributed by atoms with Gasteiger partial charge in [-0.2, -0.15) is 4.99 Å². The van der Waals surface area contributed by atoms with E-state index in [1.54, 1.807) is 4.90 Å². The minimum absolute atomic E-state index is 0.0856. The summed E-state index contributed by atoms with van der Waals surface area (Å²) in [6, 6.07) is 13.6. The van der Waals surface area contributed by atoms with Crippen LogP contribution in [-0.2, 0) is 9.59 Å². The van der Waals surface area contributed by atoms with Gasteiger partial charge in [0.05, 0.1) is 10.2 Å². The van der Waals surface area contributed by atoms with Crippen LogP contribution in [0.15, 0.2) is 47.5 Å². The summed E-state index contributed by atoms with van der Waals surface area (Å²) < 4.78 is 1.05. The highest BCUT2D eigenvalue weighted by Crippen LogP contribution is 2.34. The lowest BCUT2D eigenvalue weighted by atomic mass is 10.1. The van der Waals surface area contributed by atoms with Crippen molar-refractivity contribution < 1.29 is 9.59 Å². The van der Waals surface area contributed by atoms with Crippen LogP contribution in [0.25, 0.3) is 10.2 Å². The Morgan fingerprint density at radius 1 is 1.20 bits per heavy atom. The molecule has 1 atom stereocenters. The lowest BCUT2D eigenvalue weighted by molar-refractivity contribution is -0.128. The van der Waals surface area contributed by atoms with Gasteiger partial charge in [0.1, 0.15) is 5.25 Å². The summed E-state index contributed by atoms with van der Waals surface area (Å²) in [7, 11) is 0. The first-order valence-electron chi connectivity index (χ1n) is 9.74. The summed E-state index contributed by atoms with van der Waals surface area (Å²) >= 11 is 2.82. The number of para-hydroxylation sites is 1. The number of carbonyl (C=O) groups excluding carboxylic acids is 2. The molecule has 30 heavy (non-hydrogen) atoms. The number of thiazole rings is 1. The van der Waals surface area contributed by atoms with Gasteiger partial charge in [-0.3, -0.25) is 14.5 Å². The minimum atomic E-state index is -0.482. The Morgan fingerprint density at radius 3 is 2.73 bits per heavy atom. The number of carbonyl (C=O) groups is 2. The number of hydrogen-bond acceptors (Lipinski definition) is 6. The van der Waals surface area contributed by atoms with Gasteiger partial charge in [-0.15, -0.1) is 0 Å². The Kier molecular flexibility index (Phi) is 5.87. The highest BCUT2D eigenvalue weighted by molar-refractivity contribution is 8.15. The number of amidine groups is 1. The maximum atomic E-state index is 12.8. The largest absolute Gasteiger partial charge is 0.326 e. The smallest absolute Gasteiger partial charge is 0.242 e. The summed E-state index contributed by atoms with van der Waals surface area (Å²) in [6.07, 6.45) is 0.103. The summed E-state index contributed by atoms with van der Waals surface area (Å²) in [5.41, 5.74) is 3.92. The van der Waals surface area contributed by atoms with Crippen LogP contribution < -0.4 is 5.32 Å². The number of hydrogen-bond donors (Lipinski definition) is 1. The number of anilines is 1. The van der Waals surface area contributed by atoms with Crippen LogP contribution in [0.4, 0.5) is 10.8 Å². The molecule has 0 spiro atoms. The number of amides is 2. The highest BCUT2D eigenvalue weighted by Gasteiger charge is 2.38. The molecule has 1 aliphatic rings. The average Bonchev–Trinajstić information content (AvgIpc) is 3.25. The molecule has 2 aromatic carbocycles. The fraction of sp³-hybridized carbons (Fsp3) is 0.273. The first-order valence-corrected chi connectivity index (χ1v) is 11.4. The molecule has 8 heteroatoms. The van der Waals surface area contributed by atoms with Gasteiger partial charge in [0.2, 0.25) is 16.9 Å². The predicted octanol–water partition coefficient (Wildman–Crippen LogP) is 4.89. The SMILES string of the molecule is CCN1C(=O)C(CC(=O)Nc2ccc(C)c(C)c2)S/C1=N/c1nc2ccccc2s1. The minimum Gasteiger partial charge on any atom is -0.326 e. The maximum Gasteiger partial charge on any atom is 0.242 e. The Bertz CT molecular complexity index is 1120. The Morgan fingerprint density at radius 2 is 2.00 bits per heavy atom. The molecule has 0 saturated carbocycles. The number of thioether (sulfide) groups is 1. The van der Waals surface area contributed by atoms with Crippen molar-refractivity contribution in [1.29, 1.82) is 0 Å². The highest BCUT2D eigenvalue weighted by atomic mass is 32.2. The lowest BCUT2D eigenvalue weighted by Crippen LogP contribution is -2.33. The number of benzene rings is 2. The normalized spacial score (nSPS) is 17.8. The standard InChI is InChI=1S/C22H22N4O2S2/c1-4-26-20(28)18(12-19(27)23-15-10-9-13(2)14(3)11-15)30-22(26)25-21-24-16-7-5-6-8-17(16)29-21/h5-11,18H,4,12H2,1-3H3,(H,23,27)/b25-22+. The van der Waals surface area contributed by atoms with E-state index in [1.165, 1.54) is 28.7 Å². The molecule has 0 aliphatic carbocycles. The van der Waals surface area contributed by atoms with Gasteiger partial charge >= 0.3 is 0 Å². The second-order valence-corrected chi connectivity index (χ2v) is 9.28. The number of nitrogens with one attached hydrogen (secondary N) is 1. The zero-order valence-electron chi connectivity index (χ0n) is 17.0. The third kappa shape index (κ3) is 4.24. The topological polar surface area (TPSA) is 74.7 Å². The summed E-state index contributed by atoms with van der Waals surface area (Å²) in [6.45, 7) is 6.44. The second-order valence-electron chi connectivity index (χ2n) is 7.10. The molecule has 154 valence electrons. The number of aromatic nitrogens is 1. The Labute approximate surface area is 183 Å². The van der Waals surface area contributed by atoms with Crippen LogP contribution in [-0.4, -0.2) is 38.7 Å². The Hall–Kier alpha value is -2.71. The van der Waals surface area contributed by atoms with Crippen molar-refractivity contribution in [2.75, 3.05) is 11.9 Å². The fourth-order valence-electron chi connectivity index (χ4n) is 3.21. The van der Waals surface area contributed by atoms with Crippen molar-refractivity contribution in [2.24, 2.45) is 4.99 Å². The van der Waals surface area contributed by atoms with Gasteiger partial charge in [0, 0.05) is 18.7 Å². The third-order valence-electron chi connectivity index (χ3n) is 4.97. The number of rotatable bonds is 5. The molecule has 1 saturated heterocycles. The van der Waals surface area contributed by atoms with E-state index in [-0.39, 0.29) is 18.2 Å². The molecular weight excluding hydrogens is 416 g/mol. The van der Waals surface area contributed by atoms with E-state index in [0.29, 0.717) is 16.8 Å². The van der Waals surface area contributed by atoms with Gasteiger partial charge in [-0.05, 0) is 56.2 Å². The van der Waals surface area contributed by atoms with Crippen molar-refractivity contribution in [3.8, 4) is 0 Å². The van der Waals surface area contributed by atoms with Gasteiger partial charge in [-0.25, -0.2) is 4.98 Å². The van der Waals surface area contributed by atoms with E-state index < -0.39 is 5.25 Å². The van der Waals surface area contributed by atoms with Gasteiger partial charge in [0.15, 0.2) is 5.17 Å². The van der Waals surface area contributed by atoms with E-state index in [9.17, 15) is 9.59 Å². The molecule has 1 unspecified atom stereocenters. The monoisotopic (exact) mass is 438 g/mol. The maximum absolute atomic E-state index is 12.8. The molecule has 2 amide bonds. The van der Waals surface area contributed by atoms with Crippen molar-refractivity contribution >= 4 is 61.1 Å². The lowest BCUT2D eigenvalue weighted by Gasteiger charge is -2.13. The van der Waals surface area contributed by atoms with Gasteiger partial charge in [0.25, 0.3) is 0 Å². The van der Waals surface area contributed by atoms with Crippen LogP contribution in [0, 0.1) is 13.8 Å². The van der Waals surface area contributed by atoms with Gasteiger partial charge in [-0.1, -0.05) is 41.3 Å². The van der Waals surface area contributed by atoms with Crippen LogP contribution in [0.2, 0.25) is 0 Å². The molecule has 0 radical (unpaired) electrons. The number of fused-ring (bicyclic) bond motifs is 1. The van der Waals surface area contributed by atoms with Gasteiger partial charge < -0.3 is 5.32 Å². The molecule has 1 aliphatic heterocycles. The van der Waals surface area contributed by atoms with Crippen molar-refractivity contribution in [1.82, 2.24) is 9.88 Å². The molecule has 3 aromatic rings. The second kappa shape index (κ2) is 8.57. The van der Waals surface area contributed by atoms with Crippen LogP contribution >= 0.6 is 23.1 Å². The quantitative estimate of drug-likeness (QED) is 0.615. The molecule has 6 nitrogen and oxygen atoms in total. The van der Waals surface area contributed by atoms with Crippen LogP contribution in [0.1, 0.15) is 24.5 Å². The molecule has 2 heterocycles. The molecular formula is C22H22N4O2S2. The number of aryl methyl sites for hydroxylation is 2. The first-order chi connectivity index (χ1) is 14.4. The summed E-state index contributed by atoms with van der Waals surface area (Å²) in [4.78, 5) is 36.1. The van der Waals surface area contributed by atoms with E-state index in [0.717, 1.165) is 21.5 Å². The molecule has 1 N–H and O–H groups in total. The van der Waals surface area contributed by atoms with Crippen molar-refractivity contribution in [2.45, 2.75) is 32.4 Å². The molecule has 4 rings (SSSR count). The van der Waals surface area contributed by atoms with Crippen molar-refractivity contribution in [3.63, 3.8) is 0 Å². The van der Waals surface area contributed by atoms with E-state index in [1.807, 2.05) is 63.2 Å². The average molecular weight is 439 g/mol. The Balaban J connectivity index is 1.48. The third-order valence-corrected chi connectivity index (χ3v) is 7.08. The molecule has 0 bridgehead atoms. The van der Waals surface area contributed by atoms with Crippen LogP contribution in [0.5, 0.6) is 0 Å². The number of nitrogens with zero attached hydrogens (tertiary/aromatic N) is 3. The van der Waals surface area contributed by atoms with Crippen molar-refractivity contribution in [3.05, 3.63) is 53.6 Å². The summed E-state index contributed by atoms with van der Waals surface area (Å²) in [5.74, 6) is -0.265. The number of aliphatic imine (C=N–C) groups is 1. The zero-order valence-corrected chi connectivity index (χ0v) is 18.6. The van der Waals surface area contributed by atoms with Crippen LogP contribution in [0.3, 0.4) is 0 Å². The predicted molar refractivity (Wildman–Crippen MR) is 125 cm³/mol. The van der Waals surface area contributed by atoms with E-state index >= 15 is 0 Å². The van der Waals surface area contributed by atoms with E-state index in [4.69, 9.17) is 0 Å².